The van der Waals surface area contributed by atoms with Crippen LogP contribution in [0.25, 0.3) is 90.0 Å². The first-order valence-corrected chi connectivity index (χ1v) is 16.1. The molecule has 0 saturated heterocycles. The number of furan rings is 1. The maximum atomic E-state index is 6.20. The zero-order chi connectivity index (χ0) is 32.6. The second kappa shape index (κ2) is 12.1. The van der Waals surface area contributed by atoms with E-state index in [1.54, 1.807) is 0 Å². The van der Waals surface area contributed by atoms with Crippen molar-refractivity contribution in [3.8, 4) is 68.1 Å². The molecule has 3 aromatic heterocycles. The van der Waals surface area contributed by atoms with Crippen LogP contribution in [0.4, 0.5) is 0 Å². The van der Waals surface area contributed by atoms with Crippen molar-refractivity contribution in [2.45, 2.75) is 0 Å². The molecule has 9 aromatic rings. The van der Waals surface area contributed by atoms with Gasteiger partial charge in [0.25, 0.3) is 0 Å². The van der Waals surface area contributed by atoms with E-state index in [9.17, 15) is 0 Å². The van der Waals surface area contributed by atoms with Gasteiger partial charge in [0.2, 0.25) is 0 Å². The Hall–Kier alpha value is -6.79. The topological polar surface area (TPSA) is 77.6 Å². The molecule has 0 aliphatic heterocycles. The van der Waals surface area contributed by atoms with E-state index < -0.39 is 0 Å². The van der Waals surface area contributed by atoms with Crippen molar-refractivity contribution < 1.29 is 4.42 Å². The number of fused-ring (bicyclic) bond motifs is 3. The van der Waals surface area contributed by atoms with Gasteiger partial charge in [0, 0.05) is 44.2 Å². The molecule has 230 valence electrons. The van der Waals surface area contributed by atoms with E-state index in [0.717, 1.165) is 66.7 Å². The lowest BCUT2D eigenvalue weighted by Gasteiger charge is -2.11. The number of benzene rings is 6. The van der Waals surface area contributed by atoms with Crippen LogP contribution in [-0.4, -0.2) is 24.9 Å². The van der Waals surface area contributed by atoms with Gasteiger partial charge in [-0.05, 0) is 24.3 Å². The van der Waals surface area contributed by atoms with Gasteiger partial charge < -0.3 is 4.42 Å². The van der Waals surface area contributed by atoms with Crippen molar-refractivity contribution in [3.05, 3.63) is 164 Å². The van der Waals surface area contributed by atoms with E-state index in [4.69, 9.17) is 29.3 Å². The molecule has 9 rings (SSSR count). The first-order valence-electron chi connectivity index (χ1n) is 16.1. The zero-order valence-corrected chi connectivity index (χ0v) is 26.2. The fraction of sp³-hybridized carbons (Fsp3) is 0. The quantitative estimate of drug-likeness (QED) is 0.182. The van der Waals surface area contributed by atoms with Crippen LogP contribution < -0.4 is 0 Å². The molecule has 0 spiro atoms. The number of para-hydroxylation sites is 1. The Labute approximate surface area is 282 Å². The fourth-order valence-electron chi connectivity index (χ4n) is 6.07. The average molecular weight is 630 g/mol. The Kier molecular flexibility index (Phi) is 7.02. The van der Waals surface area contributed by atoms with E-state index in [0.29, 0.717) is 23.3 Å². The monoisotopic (exact) mass is 629 g/mol. The van der Waals surface area contributed by atoms with Gasteiger partial charge in [-0.3, -0.25) is 0 Å². The summed E-state index contributed by atoms with van der Waals surface area (Å²) in [5.74, 6) is 2.48. The summed E-state index contributed by atoms with van der Waals surface area (Å²) < 4.78 is 6.20. The second-order valence-electron chi connectivity index (χ2n) is 11.8. The molecule has 6 aromatic carbocycles. The van der Waals surface area contributed by atoms with Crippen LogP contribution >= 0.6 is 0 Å². The lowest BCUT2D eigenvalue weighted by molar-refractivity contribution is 0.669. The van der Waals surface area contributed by atoms with Gasteiger partial charge in [0.15, 0.2) is 23.3 Å². The number of rotatable bonds is 6. The molecule has 0 aliphatic rings. The van der Waals surface area contributed by atoms with Crippen molar-refractivity contribution in [2.75, 3.05) is 0 Å². The largest absolute Gasteiger partial charge is 0.456 e. The molecule has 0 saturated carbocycles. The molecule has 0 N–H and O–H groups in total. The summed E-state index contributed by atoms with van der Waals surface area (Å²) in [4.78, 5) is 24.7. The fourth-order valence-corrected chi connectivity index (χ4v) is 6.07. The van der Waals surface area contributed by atoms with Gasteiger partial charge in [0.1, 0.15) is 11.2 Å². The molecule has 0 unspecified atom stereocenters. The molecule has 6 heteroatoms. The lowest BCUT2D eigenvalue weighted by Crippen LogP contribution is -2.00. The molecule has 0 fully saturated rings. The van der Waals surface area contributed by atoms with Gasteiger partial charge >= 0.3 is 0 Å². The highest BCUT2D eigenvalue weighted by atomic mass is 16.3. The van der Waals surface area contributed by atoms with Gasteiger partial charge in [0.05, 0.1) is 11.4 Å². The average Bonchev–Trinajstić information content (AvgIpc) is 3.57. The number of hydrogen-bond donors (Lipinski definition) is 0. The number of nitrogens with zero attached hydrogens (tertiary/aromatic N) is 5. The van der Waals surface area contributed by atoms with Crippen molar-refractivity contribution in [3.63, 3.8) is 0 Å². The summed E-state index contributed by atoms with van der Waals surface area (Å²) >= 11 is 0. The van der Waals surface area contributed by atoms with Crippen LogP contribution in [0.2, 0.25) is 0 Å². The smallest absolute Gasteiger partial charge is 0.164 e. The van der Waals surface area contributed by atoms with Crippen molar-refractivity contribution in [2.24, 2.45) is 0 Å². The molecule has 0 radical (unpaired) electrons. The molecule has 3 heterocycles. The summed E-state index contributed by atoms with van der Waals surface area (Å²) in [5, 5.41) is 2.16. The minimum atomic E-state index is 0.603. The van der Waals surface area contributed by atoms with Gasteiger partial charge in [-0.2, -0.15) is 0 Å². The minimum absolute atomic E-state index is 0.603. The highest BCUT2D eigenvalue weighted by molar-refractivity contribution is 6.05. The Morgan fingerprint density at radius 1 is 0.286 bits per heavy atom. The van der Waals surface area contributed by atoms with E-state index in [1.165, 1.54) is 0 Å². The first-order chi connectivity index (χ1) is 24.2. The van der Waals surface area contributed by atoms with E-state index in [-0.39, 0.29) is 0 Å². The number of hydrogen-bond acceptors (Lipinski definition) is 6. The molecule has 49 heavy (non-hydrogen) atoms. The Morgan fingerprint density at radius 2 is 0.694 bits per heavy atom. The molecule has 6 nitrogen and oxygen atoms in total. The Bertz CT molecular complexity index is 2530. The summed E-state index contributed by atoms with van der Waals surface area (Å²) in [6.45, 7) is 0. The summed E-state index contributed by atoms with van der Waals surface area (Å²) in [5.41, 5.74) is 8.92. The standard InChI is InChI=1S/C43H27N5O/c1-4-12-28(13-5-1)36-27-37(45-43(44-36)33-24-25-35-34-18-10-11-19-38(34)49-39(35)26-33)29-20-22-32(23-21-29)42-47-40(30-14-6-2-7-15-30)46-41(48-42)31-16-8-3-9-17-31/h1-27H. The van der Waals surface area contributed by atoms with Crippen molar-refractivity contribution >= 4 is 21.9 Å². The SMILES string of the molecule is c1ccc(-c2cc(-c3ccc(-c4nc(-c5ccccc5)nc(-c5ccccc5)n4)cc3)nc(-c3ccc4c(c3)oc3ccccc34)n2)cc1. The van der Waals surface area contributed by atoms with Crippen LogP contribution in [0.1, 0.15) is 0 Å². The van der Waals surface area contributed by atoms with Crippen LogP contribution in [0.15, 0.2) is 168 Å². The third kappa shape index (κ3) is 5.51. The van der Waals surface area contributed by atoms with Crippen LogP contribution in [0.3, 0.4) is 0 Å². The molecule has 0 bridgehead atoms. The predicted octanol–water partition coefficient (Wildman–Crippen LogP) is 10.6. The summed E-state index contributed by atoms with van der Waals surface area (Å²) in [7, 11) is 0. The van der Waals surface area contributed by atoms with Gasteiger partial charge in [-0.25, -0.2) is 24.9 Å². The third-order valence-electron chi connectivity index (χ3n) is 8.57. The van der Waals surface area contributed by atoms with Crippen molar-refractivity contribution in [1.29, 1.82) is 0 Å². The van der Waals surface area contributed by atoms with E-state index in [1.807, 2.05) is 121 Å². The molecular formula is C43H27N5O. The number of aromatic nitrogens is 5. The van der Waals surface area contributed by atoms with Crippen LogP contribution in [-0.2, 0) is 0 Å². The maximum absolute atomic E-state index is 6.20. The second-order valence-corrected chi connectivity index (χ2v) is 11.8. The highest BCUT2D eigenvalue weighted by Gasteiger charge is 2.15. The van der Waals surface area contributed by atoms with Crippen molar-refractivity contribution in [1.82, 2.24) is 24.9 Å². The van der Waals surface area contributed by atoms with Gasteiger partial charge in [-0.15, -0.1) is 0 Å². The summed E-state index contributed by atoms with van der Waals surface area (Å²) in [6.07, 6.45) is 0. The minimum Gasteiger partial charge on any atom is -0.456 e. The molecule has 0 atom stereocenters. The van der Waals surface area contributed by atoms with E-state index in [2.05, 4.69) is 42.5 Å². The third-order valence-corrected chi connectivity index (χ3v) is 8.57. The molecule has 0 aliphatic carbocycles. The molecular weight excluding hydrogens is 603 g/mol. The molecule has 0 amide bonds. The highest BCUT2D eigenvalue weighted by Crippen LogP contribution is 2.34. The van der Waals surface area contributed by atoms with E-state index >= 15 is 0 Å². The summed E-state index contributed by atoms with van der Waals surface area (Å²) in [6, 6.07) is 54.7. The van der Waals surface area contributed by atoms with Crippen LogP contribution in [0, 0.1) is 0 Å². The Morgan fingerprint density at radius 3 is 1.29 bits per heavy atom. The van der Waals surface area contributed by atoms with Crippen LogP contribution in [0.5, 0.6) is 0 Å². The first kappa shape index (κ1) is 28.4. The Balaban J connectivity index is 1.13. The van der Waals surface area contributed by atoms with Gasteiger partial charge in [-0.1, -0.05) is 140 Å². The normalized spacial score (nSPS) is 11.3. The maximum Gasteiger partial charge on any atom is 0.164 e. The lowest BCUT2D eigenvalue weighted by atomic mass is 10.0. The predicted molar refractivity (Wildman–Crippen MR) is 195 cm³/mol. The zero-order valence-electron chi connectivity index (χ0n) is 26.2.